The molecule has 15 heavy (non-hydrogen) atoms. The summed E-state index contributed by atoms with van der Waals surface area (Å²) >= 11 is 0. The first-order valence-corrected chi connectivity index (χ1v) is 3.56. The van der Waals surface area contributed by atoms with Gasteiger partial charge in [-0.25, -0.2) is 5.54 Å². The van der Waals surface area contributed by atoms with Crippen molar-refractivity contribution in [2.75, 3.05) is 10.9 Å². The van der Waals surface area contributed by atoms with Gasteiger partial charge in [-0.15, -0.1) is 4.48 Å². The fourth-order valence-electron chi connectivity index (χ4n) is 1.03. The van der Waals surface area contributed by atoms with Gasteiger partial charge in [-0.05, 0) is 17.5 Å². The molecule has 84 valence electrons. The zero-order valence-corrected chi connectivity index (χ0v) is 6.95. The molecule has 1 aromatic rings. The van der Waals surface area contributed by atoms with E-state index in [2.05, 4.69) is 0 Å². The van der Waals surface area contributed by atoms with Gasteiger partial charge < -0.3 is 0 Å². The van der Waals surface area contributed by atoms with Crippen LogP contribution < -0.4 is 10.9 Å². The summed E-state index contributed by atoms with van der Waals surface area (Å²) in [5.41, 5.74) is -3.35. The van der Waals surface area contributed by atoms with Crippen molar-refractivity contribution in [2.45, 2.75) is 6.18 Å². The van der Waals surface area contributed by atoms with E-state index in [1.807, 2.05) is 0 Å². The van der Waals surface area contributed by atoms with Crippen molar-refractivity contribution in [1.29, 1.82) is 0 Å². The average Bonchev–Trinajstić information content (AvgIpc) is 2.15. The highest BCUT2D eigenvalue weighted by Crippen LogP contribution is 2.41. The Balaban J connectivity index is 3.39. The molecule has 2 nitrogen and oxygen atoms in total. The maximum absolute atomic E-state index is 12.2. The van der Waals surface area contributed by atoms with Crippen molar-refractivity contribution in [2.24, 2.45) is 0 Å². The normalized spacial score (nSPS) is 11.3. The lowest BCUT2D eigenvalue weighted by molar-refractivity contribution is -0.137. The SMILES string of the molecule is FNc1cccc(C(F)(F)F)c1N(F)F. The summed E-state index contributed by atoms with van der Waals surface area (Å²) in [5, 5.41) is -1.79. The molecular weight excluding hydrogens is 226 g/mol. The van der Waals surface area contributed by atoms with Gasteiger partial charge in [0.1, 0.15) is 5.69 Å². The van der Waals surface area contributed by atoms with Crippen LogP contribution in [0, 0.1) is 0 Å². The second-order valence-corrected chi connectivity index (χ2v) is 2.53. The Morgan fingerprint density at radius 3 is 2.13 bits per heavy atom. The number of halogens is 6. The molecule has 0 aliphatic rings. The molecule has 1 rings (SSSR count). The maximum atomic E-state index is 12.2. The van der Waals surface area contributed by atoms with Crippen LogP contribution in [-0.4, -0.2) is 0 Å². The summed E-state index contributed by atoms with van der Waals surface area (Å²) in [6, 6.07) is 2.01. The zero-order chi connectivity index (χ0) is 11.6. The van der Waals surface area contributed by atoms with Crippen molar-refractivity contribution in [3.8, 4) is 0 Å². The molecule has 8 heteroatoms. The van der Waals surface area contributed by atoms with Crippen LogP contribution in [0.3, 0.4) is 0 Å². The van der Waals surface area contributed by atoms with E-state index < -0.39 is 28.5 Å². The second-order valence-electron chi connectivity index (χ2n) is 2.53. The van der Waals surface area contributed by atoms with Gasteiger partial charge in [-0.2, -0.15) is 13.2 Å². The van der Waals surface area contributed by atoms with Crippen LogP contribution in [0.15, 0.2) is 18.2 Å². The monoisotopic (exact) mass is 230 g/mol. The first-order valence-electron chi connectivity index (χ1n) is 3.56. The highest BCUT2D eigenvalue weighted by atomic mass is 19.4. The van der Waals surface area contributed by atoms with Crippen LogP contribution in [0.1, 0.15) is 5.56 Å². The summed E-state index contributed by atoms with van der Waals surface area (Å²) in [6.07, 6.45) is -4.97. The number of nitrogens with one attached hydrogen (secondary N) is 1. The Bertz CT molecular complexity index is 348. The van der Waals surface area contributed by atoms with Crippen LogP contribution in [0.5, 0.6) is 0 Å². The molecule has 0 amide bonds. The fraction of sp³-hybridized carbons (Fsp3) is 0.143. The molecule has 0 unspecified atom stereocenters. The minimum absolute atomic E-state index is 0.433. The fourth-order valence-corrected chi connectivity index (χ4v) is 1.03. The second kappa shape index (κ2) is 3.87. The standard InChI is InChI=1S/C7H4F6N2/c8-7(9,10)4-2-1-3-5(14-11)6(4)15(12)13/h1-3,14H. The maximum Gasteiger partial charge on any atom is 0.418 e. The molecule has 0 atom stereocenters. The lowest BCUT2D eigenvalue weighted by Crippen LogP contribution is -2.12. The molecule has 0 radical (unpaired) electrons. The molecule has 0 saturated carbocycles. The van der Waals surface area contributed by atoms with E-state index in [4.69, 9.17) is 0 Å². The number of benzene rings is 1. The third kappa shape index (κ3) is 2.25. The first-order chi connectivity index (χ1) is 6.88. The molecular formula is C7H4F6N2. The van der Waals surface area contributed by atoms with Gasteiger partial charge in [0.25, 0.3) is 0 Å². The number of rotatable bonds is 2. The van der Waals surface area contributed by atoms with Crippen LogP contribution in [-0.2, 0) is 6.18 Å². The van der Waals surface area contributed by atoms with Gasteiger partial charge >= 0.3 is 6.18 Å². The van der Waals surface area contributed by atoms with Crippen LogP contribution in [0.25, 0.3) is 0 Å². The molecule has 0 bridgehead atoms. The molecule has 0 spiro atoms. The van der Waals surface area contributed by atoms with E-state index in [-0.39, 0.29) is 0 Å². The molecule has 0 aliphatic heterocycles. The number of hydrogen-bond donors (Lipinski definition) is 1. The summed E-state index contributed by atoms with van der Waals surface area (Å²) in [4.78, 5) is 0. The lowest BCUT2D eigenvalue weighted by Gasteiger charge is -2.14. The highest BCUT2D eigenvalue weighted by molar-refractivity contribution is 5.71. The third-order valence-electron chi connectivity index (χ3n) is 1.61. The van der Waals surface area contributed by atoms with E-state index in [1.165, 1.54) is 0 Å². The number of alkyl halides is 3. The zero-order valence-electron chi connectivity index (χ0n) is 6.95. The predicted molar refractivity (Wildman–Crippen MR) is 40.9 cm³/mol. The molecule has 0 fully saturated rings. The van der Waals surface area contributed by atoms with Crippen molar-refractivity contribution in [3.63, 3.8) is 0 Å². The Morgan fingerprint density at radius 1 is 1.13 bits per heavy atom. The van der Waals surface area contributed by atoms with E-state index >= 15 is 0 Å². The smallest absolute Gasteiger partial charge is 0.222 e. The topological polar surface area (TPSA) is 15.3 Å². The Labute approximate surface area is 79.9 Å². The van der Waals surface area contributed by atoms with Gasteiger partial charge in [0.05, 0.1) is 11.3 Å². The van der Waals surface area contributed by atoms with E-state index in [1.54, 1.807) is 0 Å². The summed E-state index contributed by atoms with van der Waals surface area (Å²) < 4.78 is 72.8. The minimum atomic E-state index is -4.97. The van der Waals surface area contributed by atoms with Gasteiger partial charge in [0.2, 0.25) is 0 Å². The Hall–Kier alpha value is -1.60. The minimum Gasteiger partial charge on any atom is -0.222 e. The number of hydrogen-bond acceptors (Lipinski definition) is 2. The van der Waals surface area contributed by atoms with Crippen molar-refractivity contribution >= 4 is 11.4 Å². The molecule has 0 saturated heterocycles. The van der Waals surface area contributed by atoms with Gasteiger partial charge in [0.15, 0.2) is 0 Å². The van der Waals surface area contributed by atoms with Crippen LogP contribution >= 0.6 is 0 Å². The van der Waals surface area contributed by atoms with E-state index in [9.17, 15) is 26.6 Å². The van der Waals surface area contributed by atoms with Gasteiger partial charge in [-0.1, -0.05) is 15.0 Å². The molecule has 1 aromatic carbocycles. The molecule has 0 aromatic heterocycles. The Kier molecular flexibility index (Phi) is 2.96. The van der Waals surface area contributed by atoms with Crippen LogP contribution in [0.2, 0.25) is 0 Å². The summed E-state index contributed by atoms with van der Waals surface area (Å²) in [5.74, 6) is 0. The number of para-hydroxylation sites is 1. The van der Waals surface area contributed by atoms with Crippen molar-refractivity contribution in [3.05, 3.63) is 23.8 Å². The van der Waals surface area contributed by atoms with Gasteiger partial charge in [0, 0.05) is 0 Å². The van der Waals surface area contributed by atoms with Crippen molar-refractivity contribution in [1.82, 2.24) is 0 Å². The average molecular weight is 230 g/mol. The number of nitrogens with zero attached hydrogens (tertiary/aromatic N) is 1. The predicted octanol–water partition coefficient (Wildman–Crippen LogP) is 3.58. The van der Waals surface area contributed by atoms with Gasteiger partial charge in [-0.3, -0.25) is 0 Å². The summed E-state index contributed by atoms with van der Waals surface area (Å²) in [6.45, 7) is 0. The van der Waals surface area contributed by atoms with Crippen molar-refractivity contribution < 1.29 is 26.6 Å². The van der Waals surface area contributed by atoms with E-state index in [0.29, 0.717) is 6.07 Å². The highest BCUT2D eigenvalue weighted by Gasteiger charge is 2.37. The Morgan fingerprint density at radius 2 is 1.73 bits per heavy atom. The number of anilines is 2. The van der Waals surface area contributed by atoms with Crippen LogP contribution in [0.4, 0.5) is 38.0 Å². The lowest BCUT2D eigenvalue weighted by atomic mass is 10.1. The third-order valence-corrected chi connectivity index (χ3v) is 1.61. The largest absolute Gasteiger partial charge is 0.418 e. The quantitative estimate of drug-likeness (QED) is 0.617. The summed E-state index contributed by atoms with van der Waals surface area (Å²) in [7, 11) is 0. The first kappa shape index (κ1) is 11.5. The molecule has 0 aliphatic carbocycles. The van der Waals surface area contributed by atoms with E-state index in [0.717, 1.165) is 17.7 Å². The molecule has 0 heterocycles. The molecule has 1 N–H and O–H groups in total.